The fourth-order valence-corrected chi connectivity index (χ4v) is 5.30. The second-order valence-corrected chi connectivity index (χ2v) is 11.4. The Hall–Kier alpha value is -3.70. The Morgan fingerprint density at radius 1 is 1.19 bits per heavy atom. The van der Waals surface area contributed by atoms with Gasteiger partial charge in [0.25, 0.3) is 11.5 Å². The lowest BCUT2D eigenvalue weighted by Gasteiger charge is -2.36. The van der Waals surface area contributed by atoms with Gasteiger partial charge in [0.2, 0.25) is 5.89 Å². The molecule has 0 bridgehead atoms. The molecular formula is C31H40FN5O5. The predicted molar refractivity (Wildman–Crippen MR) is 158 cm³/mol. The van der Waals surface area contributed by atoms with Gasteiger partial charge in [-0.2, -0.15) is 0 Å². The molecule has 3 aromatic rings. The Morgan fingerprint density at radius 3 is 2.64 bits per heavy atom. The first-order valence-corrected chi connectivity index (χ1v) is 14.6. The molecule has 0 spiro atoms. The SMILES string of the molecule is CCC(=O)CCCCC[C@H](NC(=O)C(=N)CC1(O)CCN(C)CC1)c1ncc(-c2cc3ccc(=O)n(C)c3cc2F)o1. The number of hydrogen-bond donors (Lipinski definition) is 3. The third kappa shape index (κ3) is 7.57. The molecule has 1 atom stereocenters. The van der Waals surface area contributed by atoms with Crippen molar-refractivity contribution in [1.82, 2.24) is 19.8 Å². The summed E-state index contributed by atoms with van der Waals surface area (Å²) in [7, 11) is 3.54. The minimum atomic E-state index is -1.10. The minimum absolute atomic E-state index is 0.0554. The third-order valence-electron chi connectivity index (χ3n) is 8.15. The number of oxazole rings is 1. The van der Waals surface area contributed by atoms with E-state index in [2.05, 4.69) is 15.2 Å². The van der Waals surface area contributed by atoms with Gasteiger partial charge in [-0.1, -0.05) is 19.8 Å². The second-order valence-electron chi connectivity index (χ2n) is 11.4. The number of benzene rings is 1. The molecule has 11 heteroatoms. The zero-order valence-corrected chi connectivity index (χ0v) is 24.5. The summed E-state index contributed by atoms with van der Waals surface area (Å²) < 4.78 is 22.5. The van der Waals surface area contributed by atoms with Crippen LogP contribution in [0.4, 0.5) is 4.39 Å². The van der Waals surface area contributed by atoms with E-state index in [1.807, 2.05) is 14.0 Å². The highest BCUT2D eigenvalue weighted by molar-refractivity contribution is 6.37. The van der Waals surface area contributed by atoms with Crippen LogP contribution in [-0.4, -0.2) is 62.7 Å². The number of ketones is 1. The molecule has 10 nitrogen and oxygen atoms in total. The number of aliphatic hydroxyl groups is 1. The van der Waals surface area contributed by atoms with E-state index in [1.165, 1.54) is 22.9 Å². The van der Waals surface area contributed by atoms with Crippen molar-refractivity contribution in [3.8, 4) is 11.3 Å². The molecule has 0 aliphatic carbocycles. The van der Waals surface area contributed by atoms with E-state index in [4.69, 9.17) is 9.83 Å². The summed E-state index contributed by atoms with van der Waals surface area (Å²) in [6, 6.07) is 5.20. The van der Waals surface area contributed by atoms with Crippen molar-refractivity contribution in [2.75, 3.05) is 20.1 Å². The summed E-state index contributed by atoms with van der Waals surface area (Å²) >= 11 is 0. The number of amides is 1. The standard InChI is InChI=1S/C31H40FN5O5/c1-4-21(38)8-6-5-7-9-25(35-29(40)24(33)18-31(41)12-14-36(2)15-13-31)30-34-19-27(42-30)22-16-20-10-11-28(39)37(3)26(20)17-23(22)32/h10-11,16-17,19,25,33,41H,4-9,12-15,18H2,1-3H3,(H,35,40)/t25-/m0/s1. The van der Waals surface area contributed by atoms with Gasteiger partial charge in [-0.25, -0.2) is 9.37 Å². The average Bonchev–Trinajstić information content (AvgIpc) is 3.45. The molecule has 4 rings (SSSR count). The molecular weight excluding hydrogens is 541 g/mol. The second kappa shape index (κ2) is 13.5. The van der Waals surface area contributed by atoms with Gasteiger partial charge in [0.1, 0.15) is 17.6 Å². The van der Waals surface area contributed by atoms with E-state index in [1.54, 1.807) is 19.2 Å². The first-order chi connectivity index (χ1) is 20.0. The summed E-state index contributed by atoms with van der Waals surface area (Å²) in [5.41, 5.74) is -0.961. The number of rotatable bonds is 13. The number of piperidine rings is 1. The molecule has 1 aliphatic heterocycles. The number of likely N-dealkylation sites (tertiary alicyclic amines) is 1. The van der Waals surface area contributed by atoms with Crippen molar-refractivity contribution in [3.05, 3.63) is 52.5 Å². The molecule has 0 radical (unpaired) electrons. The van der Waals surface area contributed by atoms with Gasteiger partial charge in [-0.05, 0) is 56.3 Å². The normalized spacial score (nSPS) is 15.9. The van der Waals surface area contributed by atoms with Gasteiger partial charge in [0.15, 0.2) is 5.76 Å². The Morgan fingerprint density at radius 2 is 1.93 bits per heavy atom. The Labute approximate surface area is 244 Å². The van der Waals surface area contributed by atoms with Crippen LogP contribution >= 0.6 is 0 Å². The van der Waals surface area contributed by atoms with Crippen LogP contribution in [0.2, 0.25) is 0 Å². The van der Waals surface area contributed by atoms with Gasteiger partial charge < -0.3 is 24.3 Å². The highest BCUT2D eigenvalue weighted by Gasteiger charge is 2.34. The summed E-state index contributed by atoms with van der Waals surface area (Å²) in [6.07, 6.45) is 5.90. The number of unbranched alkanes of at least 4 members (excludes halogenated alkanes) is 2. The van der Waals surface area contributed by atoms with Crippen LogP contribution in [0, 0.1) is 11.2 Å². The molecule has 1 aliphatic rings. The Bertz CT molecular complexity index is 1510. The number of carbonyl (C=O) groups is 2. The number of carbonyl (C=O) groups excluding carboxylic acids is 2. The zero-order chi connectivity index (χ0) is 30.4. The van der Waals surface area contributed by atoms with E-state index in [0.717, 1.165) is 12.8 Å². The first-order valence-electron chi connectivity index (χ1n) is 14.6. The zero-order valence-electron chi connectivity index (χ0n) is 24.5. The fraction of sp³-hybridized carbons (Fsp3) is 0.516. The van der Waals surface area contributed by atoms with Gasteiger partial charge in [-0.15, -0.1) is 0 Å². The van der Waals surface area contributed by atoms with Crippen LogP contribution in [0.15, 0.2) is 39.7 Å². The van der Waals surface area contributed by atoms with Crippen molar-refractivity contribution in [2.24, 2.45) is 7.05 Å². The maximum absolute atomic E-state index is 15.2. The van der Waals surface area contributed by atoms with Crippen LogP contribution in [-0.2, 0) is 16.6 Å². The number of aromatic nitrogens is 2. The smallest absolute Gasteiger partial charge is 0.265 e. The molecule has 1 fully saturated rings. The minimum Gasteiger partial charge on any atom is -0.438 e. The van der Waals surface area contributed by atoms with E-state index >= 15 is 4.39 Å². The van der Waals surface area contributed by atoms with Crippen molar-refractivity contribution >= 4 is 28.3 Å². The first kappa shape index (κ1) is 31.2. The molecule has 3 N–H and O–H groups in total. The monoisotopic (exact) mass is 581 g/mol. The fourth-order valence-electron chi connectivity index (χ4n) is 5.30. The molecule has 1 saturated heterocycles. The number of nitrogens with one attached hydrogen (secondary N) is 2. The third-order valence-corrected chi connectivity index (χ3v) is 8.15. The number of aryl methyl sites for hydroxylation is 1. The number of nitrogens with zero attached hydrogens (tertiary/aromatic N) is 3. The summed E-state index contributed by atoms with van der Waals surface area (Å²) in [4.78, 5) is 43.2. The molecule has 3 heterocycles. The lowest BCUT2D eigenvalue weighted by molar-refractivity contribution is -0.119. The van der Waals surface area contributed by atoms with E-state index < -0.39 is 23.4 Å². The van der Waals surface area contributed by atoms with Gasteiger partial charge in [0.05, 0.1) is 28.6 Å². The number of hydrogen-bond acceptors (Lipinski definition) is 8. The van der Waals surface area contributed by atoms with Crippen molar-refractivity contribution in [2.45, 2.75) is 76.4 Å². The van der Waals surface area contributed by atoms with E-state index in [0.29, 0.717) is 62.5 Å². The molecule has 0 unspecified atom stereocenters. The summed E-state index contributed by atoms with van der Waals surface area (Å²) in [6.45, 7) is 3.22. The maximum Gasteiger partial charge on any atom is 0.265 e. The van der Waals surface area contributed by atoms with Crippen LogP contribution in [0.1, 0.15) is 76.6 Å². The van der Waals surface area contributed by atoms with Crippen molar-refractivity contribution in [3.63, 3.8) is 0 Å². The predicted octanol–water partition coefficient (Wildman–Crippen LogP) is 4.29. The van der Waals surface area contributed by atoms with Gasteiger partial charge in [-0.3, -0.25) is 19.8 Å². The molecule has 1 aromatic carbocycles. The van der Waals surface area contributed by atoms with Gasteiger partial charge in [0, 0.05) is 45.5 Å². The highest BCUT2D eigenvalue weighted by atomic mass is 19.1. The average molecular weight is 582 g/mol. The molecule has 1 amide bonds. The lowest BCUT2D eigenvalue weighted by atomic mass is 9.86. The number of fused-ring (bicyclic) bond motifs is 1. The van der Waals surface area contributed by atoms with Crippen LogP contribution < -0.4 is 10.9 Å². The quantitative estimate of drug-likeness (QED) is 0.202. The maximum atomic E-state index is 15.2. The van der Waals surface area contributed by atoms with Crippen LogP contribution in [0.25, 0.3) is 22.2 Å². The van der Waals surface area contributed by atoms with Gasteiger partial charge >= 0.3 is 0 Å². The summed E-state index contributed by atoms with van der Waals surface area (Å²) in [5, 5.41) is 22.8. The van der Waals surface area contributed by atoms with Crippen LogP contribution in [0.5, 0.6) is 0 Å². The van der Waals surface area contributed by atoms with E-state index in [9.17, 15) is 19.5 Å². The Kier molecular flexibility index (Phi) is 10.1. The topological polar surface area (TPSA) is 142 Å². The number of pyridine rings is 1. The highest BCUT2D eigenvalue weighted by Crippen LogP contribution is 2.31. The molecule has 0 saturated carbocycles. The number of Topliss-reactive ketones (excluding diaryl/α,β-unsaturated/α-hetero) is 1. The number of halogens is 1. The molecule has 226 valence electrons. The summed E-state index contributed by atoms with van der Waals surface area (Å²) in [5.74, 6) is -0.655. The largest absolute Gasteiger partial charge is 0.438 e. The lowest BCUT2D eigenvalue weighted by Crippen LogP contribution is -2.46. The molecule has 42 heavy (non-hydrogen) atoms. The van der Waals surface area contributed by atoms with Crippen molar-refractivity contribution in [1.29, 1.82) is 5.41 Å². The van der Waals surface area contributed by atoms with E-state index in [-0.39, 0.29) is 40.7 Å². The molecule has 2 aromatic heterocycles. The Balaban J connectivity index is 1.52. The van der Waals surface area contributed by atoms with Crippen LogP contribution in [0.3, 0.4) is 0 Å². The van der Waals surface area contributed by atoms with Crippen molar-refractivity contribution < 1.29 is 23.5 Å².